The Morgan fingerprint density at radius 3 is 2.26 bits per heavy atom. The fourth-order valence-electron chi connectivity index (χ4n) is 6.47. The molecule has 8 heteroatoms. The molecule has 1 N–H and O–H groups in total. The van der Waals surface area contributed by atoms with E-state index in [2.05, 4.69) is 69.1 Å². The summed E-state index contributed by atoms with van der Waals surface area (Å²) >= 11 is 0. The first-order valence-corrected chi connectivity index (χ1v) is 13.2. The predicted molar refractivity (Wildman–Crippen MR) is 143 cm³/mol. The SMILES string of the molecule is Cc1nn(C)cc1-c1ccc(COC(=O)N(CC2c3ccccc3-c3ccccc32)C2C3CNCC32)nn1. The second-order valence-corrected chi connectivity index (χ2v) is 10.6. The van der Waals surface area contributed by atoms with E-state index in [4.69, 9.17) is 4.74 Å². The highest BCUT2D eigenvalue weighted by Gasteiger charge is 2.58. The van der Waals surface area contributed by atoms with Gasteiger partial charge >= 0.3 is 6.09 Å². The minimum atomic E-state index is -0.278. The number of benzene rings is 2. The zero-order valence-electron chi connectivity index (χ0n) is 21.5. The average molecular weight is 507 g/mol. The summed E-state index contributed by atoms with van der Waals surface area (Å²) in [5.74, 6) is 1.12. The molecule has 1 saturated heterocycles. The molecule has 1 saturated carbocycles. The molecule has 7 rings (SSSR count). The highest BCUT2D eigenvalue weighted by atomic mass is 16.6. The zero-order valence-corrected chi connectivity index (χ0v) is 21.5. The van der Waals surface area contributed by atoms with Gasteiger partial charge in [0, 0.05) is 50.4 Å². The molecular formula is C30H30N6O2. The van der Waals surface area contributed by atoms with Crippen LogP contribution < -0.4 is 5.32 Å². The van der Waals surface area contributed by atoms with E-state index in [1.807, 2.05) is 37.2 Å². The Kier molecular flexibility index (Phi) is 5.51. The van der Waals surface area contributed by atoms with Gasteiger partial charge in [0.05, 0.1) is 11.4 Å². The Labute approximate surface area is 221 Å². The molecule has 3 aliphatic rings. The number of aryl methyl sites for hydroxylation is 2. The maximum atomic E-state index is 13.6. The van der Waals surface area contributed by atoms with Gasteiger partial charge in [-0.3, -0.25) is 4.68 Å². The number of nitrogens with one attached hydrogen (secondary N) is 1. The Balaban J connectivity index is 1.10. The van der Waals surface area contributed by atoms with Crippen LogP contribution in [0.4, 0.5) is 4.79 Å². The van der Waals surface area contributed by atoms with Gasteiger partial charge in [-0.05, 0) is 53.1 Å². The molecule has 1 aliphatic heterocycles. The molecule has 2 fully saturated rings. The van der Waals surface area contributed by atoms with Gasteiger partial charge < -0.3 is 15.0 Å². The number of carbonyl (C=O) groups excluding carboxylic acids is 1. The van der Waals surface area contributed by atoms with Crippen molar-refractivity contribution in [2.45, 2.75) is 25.5 Å². The number of amides is 1. The average Bonchev–Trinajstić information content (AvgIpc) is 3.24. The minimum Gasteiger partial charge on any atom is -0.443 e. The number of hydrogen-bond acceptors (Lipinski definition) is 6. The standard InChI is InChI=1S/C30H30N6O2/c1-18-26(15-35(2)34-18)28-12-11-19(32-33-28)17-38-30(37)36(29-24-13-31-14-25(24)29)16-27-22-9-5-3-7-20(22)21-8-4-6-10-23(21)27/h3-12,15,24-25,27,29,31H,13-14,16-17H2,1-2H3. The van der Waals surface area contributed by atoms with Crippen LogP contribution in [0.2, 0.25) is 0 Å². The van der Waals surface area contributed by atoms with E-state index >= 15 is 0 Å². The van der Waals surface area contributed by atoms with Crippen LogP contribution in [-0.4, -0.2) is 56.6 Å². The molecule has 8 nitrogen and oxygen atoms in total. The lowest BCUT2D eigenvalue weighted by Gasteiger charge is -2.28. The van der Waals surface area contributed by atoms with Gasteiger partial charge in [-0.15, -0.1) is 0 Å². The van der Waals surface area contributed by atoms with Crippen LogP contribution in [0.5, 0.6) is 0 Å². The van der Waals surface area contributed by atoms with Crippen LogP contribution in [-0.2, 0) is 18.4 Å². The van der Waals surface area contributed by atoms with Crippen LogP contribution in [0.3, 0.4) is 0 Å². The molecule has 0 spiro atoms. The first-order valence-electron chi connectivity index (χ1n) is 13.2. The van der Waals surface area contributed by atoms with Gasteiger partial charge in [-0.25, -0.2) is 4.79 Å². The molecule has 2 atom stereocenters. The summed E-state index contributed by atoms with van der Waals surface area (Å²) in [4.78, 5) is 15.6. The number of ether oxygens (including phenoxy) is 1. The van der Waals surface area contributed by atoms with Crippen molar-refractivity contribution < 1.29 is 9.53 Å². The molecule has 2 unspecified atom stereocenters. The maximum Gasteiger partial charge on any atom is 0.410 e. The molecule has 2 aliphatic carbocycles. The second-order valence-electron chi connectivity index (χ2n) is 10.6. The smallest absolute Gasteiger partial charge is 0.410 e. The Morgan fingerprint density at radius 2 is 1.66 bits per heavy atom. The number of carbonyl (C=O) groups is 1. The van der Waals surface area contributed by atoms with Crippen LogP contribution in [0.15, 0.2) is 66.9 Å². The van der Waals surface area contributed by atoms with Gasteiger partial charge in [0.15, 0.2) is 0 Å². The van der Waals surface area contributed by atoms with Crippen molar-refractivity contribution in [2.75, 3.05) is 19.6 Å². The second kappa shape index (κ2) is 9.06. The van der Waals surface area contributed by atoms with Crippen molar-refractivity contribution in [3.05, 3.63) is 89.4 Å². The molecule has 2 aromatic heterocycles. The third kappa shape index (κ3) is 3.87. The van der Waals surface area contributed by atoms with Gasteiger partial charge in [0.2, 0.25) is 0 Å². The van der Waals surface area contributed by atoms with Crippen molar-refractivity contribution in [3.63, 3.8) is 0 Å². The lowest BCUT2D eigenvalue weighted by Crippen LogP contribution is -2.40. The van der Waals surface area contributed by atoms with E-state index in [9.17, 15) is 4.79 Å². The lowest BCUT2D eigenvalue weighted by atomic mass is 9.96. The topological polar surface area (TPSA) is 85.2 Å². The summed E-state index contributed by atoms with van der Waals surface area (Å²) in [6.07, 6.45) is 1.65. The Morgan fingerprint density at radius 1 is 0.974 bits per heavy atom. The zero-order chi connectivity index (χ0) is 25.8. The van der Waals surface area contributed by atoms with Gasteiger partial charge in [0.1, 0.15) is 12.3 Å². The number of rotatable bonds is 6. The first kappa shape index (κ1) is 23.1. The summed E-state index contributed by atoms with van der Waals surface area (Å²) in [5, 5.41) is 16.5. The van der Waals surface area contributed by atoms with Crippen molar-refractivity contribution >= 4 is 6.09 Å². The molecular weight excluding hydrogens is 476 g/mol. The third-order valence-electron chi connectivity index (χ3n) is 8.34. The summed E-state index contributed by atoms with van der Waals surface area (Å²) in [6.45, 7) is 4.56. The van der Waals surface area contributed by atoms with Crippen molar-refractivity contribution in [1.29, 1.82) is 0 Å². The molecule has 0 bridgehead atoms. The van der Waals surface area contributed by atoms with Crippen molar-refractivity contribution in [1.82, 2.24) is 30.2 Å². The maximum absolute atomic E-state index is 13.6. The van der Waals surface area contributed by atoms with E-state index in [-0.39, 0.29) is 24.7 Å². The summed E-state index contributed by atoms with van der Waals surface area (Å²) in [6, 6.07) is 21.1. The molecule has 2 aromatic carbocycles. The highest BCUT2D eigenvalue weighted by molar-refractivity contribution is 5.79. The molecule has 4 aromatic rings. The monoisotopic (exact) mass is 506 g/mol. The van der Waals surface area contributed by atoms with Gasteiger partial charge in [-0.1, -0.05) is 48.5 Å². The summed E-state index contributed by atoms with van der Waals surface area (Å²) in [7, 11) is 1.89. The Hall–Kier alpha value is -4.04. The van der Waals surface area contributed by atoms with Crippen molar-refractivity contribution in [2.24, 2.45) is 18.9 Å². The fraction of sp³-hybridized carbons (Fsp3) is 0.333. The van der Waals surface area contributed by atoms with Crippen LogP contribution in [0.1, 0.15) is 28.4 Å². The van der Waals surface area contributed by atoms with Gasteiger partial charge in [0.25, 0.3) is 0 Å². The normalized spacial score (nSPS) is 21.1. The van der Waals surface area contributed by atoms with E-state index in [1.54, 1.807) is 4.68 Å². The molecule has 38 heavy (non-hydrogen) atoms. The predicted octanol–water partition coefficient (Wildman–Crippen LogP) is 4.15. The largest absolute Gasteiger partial charge is 0.443 e. The number of piperidine rings is 1. The highest BCUT2D eigenvalue weighted by Crippen LogP contribution is 2.49. The fourth-order valence-corrected chi connectivity index (χ4v) is 6.47. The molecule has 3 heterocycles. The Bertz CT molecular complexity index is 1460. The van der Waals surface area contributed by atoms with Crippen molar-refractivity contribution in [3.8, 4) is 22.4 Å². The van der Waals surface area contributed by atoms with Gasteiger partial charge in [-0.2, -0.15) is 15.3 Å². The third-order valence-corrected chi connectivity index (χ3v) is 8.34. The van der Waals surface area contributed by atoms with Crippen LogP contribution in [0, 0.1) is 18.8 Å². The molecule has 1 amide bonds. The van der Waals surface area contributed by atoms with E-state index < -0.39 is 0 Å². The van der Waals surface area contributed by atoms with E-state index in [1.165, 1.54) is 22.3 Å². The summed E-state index contributed by atoms with van der Waals surface area (Å²) in [5.41, 5.74) is 8.31. The minimum absolute atomic E-state index is 0.0901. The molecule has 0 radical (unpaired) electrons. The quantitative estimate of drug-likeness (QED) is 0.423. The number of aromatic nitrogens is 4. The van der Waals surface area contributed by atoms with Crippen LogP contribution in [0.25, 0.3) is 22.4 Å². The van der Waals surface area contributed by atoms with E-state index in [0.29, 0.717) is 24.1 Å². The van der Waals surface area contributed by atoms with E-state index in [0.717, 1.165) is 30.0 Å². The first-order chi connectivity index (χ1) is 18.6. The molecule has 192 valence electrons. The lowest BCUT2D eigenvalue weighted by molar-refractivity contribution is 0.0871. The summed E-state index contributed by atoms with van der Waals surface area (Å²) < 4.78 is 7.63. The number of fused-ring (bicyclic) bond motifs is 4. The number of hydrogen-bond donors (Lipinski definition) is 1. The van der Waals surface area contributed by atoms with Crippen LogP contribution >= 0.6 is 0 Å². The number of nitrogens with zero attached hydrogens (tertiary/aromatic N) is 5.